The normalized spacial score (nSPS) is 16.8. The number of hydrogen-bond acceptors (Lipinski definition) is 11. The molecule has 3 heterocycles. The van der Waals surface area contributed by atoms with Gasteiger partial charge in [-0.25, -0.2) is 9.48 Å². The summed E-state index contributed by atoms with van der Waals surface area (Å²) < 4.78 is 23.4. The number of benzene rings is 1. The number of imide groups is 2. The maximum Gasteiger partial charge on any atom is 0.407 e. The number of amides is 5. The van der Waals surface area contributed by atoms with E-state index in [2.05, 4.69) is 20.9 Å². The van der Waals surface area contributed by atoms with Crippen molar-refractivity contribution in [2.45, 2.75) is 58.4 Å². The molecule has 226 valence electrons. The molecular weight excluding hydrogens is 552 g/mol. The lowest BCUT2D eigenvalue weighted by Crippen LogP contribution is -2.54. The first-order valence-corrected chi connectivity index (χ1v) is 13.5. The molecule has 1 fully saturated rings. The number of alkyl carbamates (subject to hydrolysis) is 1. The lowest BCUT2D eigenvalue weighted by molar-refractivity contribution is -0.136. The number of carbonyl (C=O) groups excluding carboxylic acids is 5. The number of carbonyl (C=O) groups is 5. The van der Waals surface area contributed by atoms with Gasteiger partial charge in [0.2, 0.25) is 11.8 Å². The molecule has 5 amide bonds. The van der Waals surface area contributed by atoms with Gasteiger partial charge >= 0.3 is 6.09 Å². The summed E-state index contributed by atoms with van der Waals surface area (Å²) in [5.41, 5.74) is 0.301. The molecule has 15 nitrogen and oxygen atoms in total. The van der Waals surface area contributed by atoms with Crippen molar-refractivity contribution in [1.29, 1.82) is 0 Å². The van der Waals surface area contributed by atoms with Crippen molar-refractivity contribution in [3.63, 3.8) is 0 Å². The van der Waals surface area contributed by atoms with Crippen molar-refractivity contribution < 1.29 is 42.9 Å². The average molecular weight is 587 g/mol. The van der Waals surface area contributed by atoms with Crippen LogP contribution in [0.4, 0.5) is 4.79 Å². The van der Waals surface area contributed by atoms with Crippen LogP contribution in [0.25, 0.3) is 0 Å². The van der Waals surface area contributed by atoms with E-state index in [1.807, 2.05) is 0 Å². The fourth-order valence-electron chi connectivity index (χ4n) is 4.23. The Morgan fingerprint density at radius 2 is 1.79 bits per heavy atom. The number of aromatic nitrogens is 3. The molecular formula is C27H34N6O9. The summed E-state index contributed by atoms with van der Waals surface area (Å²) in [6.45, 7) is 7.70. The van der Waals surface area contributed by atoms with E-state index >= 15 is 0 Å². The lowest BCUT2D eigenvalue weighted by atomic mass is 10.0. The summed E-state index contributed by atoms with van der Waals surface area (Å²) in [6, 6.07) is 3.47. The molecule has 0 aliphatic carbocycles. The summed E-state index contributed by atoms with van der Waals surface area (Å²) in [7, 11) is 0. The highest BCUT2D eigenvalue weighted by Crippen LogP contribution is 2.30. The number of ether oxygens (including phenoxy) is 4. The lowest BCUT2D eigenvalue weighted by Gasteiger charge is -2.27. The molecule has 42 heavy (non-hydrogen) atoms. The molecule has 1 saturated heterocycles. The Morgan fingerprint density at radius 1 is 1.05 bits per heavy atom. The Balaban J connectivity index is 1.14. The van der Waals surface area contributed by atoms with Gasteiger partial charge in [0.15, 0.2) is 0 Å². The standard InChI is InChI=1S/C27H34N6O9/c1-27(2,3)42-26(38)28-8-10-39-12-13-40-11-9-32-15-17(30-31-32)16-41-18-4-5-19-20(14-18)25(37)33(24(19)36)21-6-7-22(34)29-23(21)35/h4-5,14-15,21H,6-13,16H2,1-3H3,(H,28,38)(H,29,34,35). The SMILES string of the molecule is CC(C)(C)OC(=O)NCCOCCOCCn1cc(COc2ccc3c(c2)C(=O)N(C2CCC(=O)NC2=O)C3=O)nn1. The molecule has 0 spiro atoms. The van der Waals surface area contributed by atoms with Gasteiger partial charge in [0.1, 0.15) is 29.7 Å². The minimum Gasteiger partial charge on any atom is -0.487 e. The van der Waals surface area contributed by atoms with Gasteiger partial charge in [-0.15, -0.1) is 5.10 Å². The van der Waals surface area contributed by atoms with E-state index in [0.717, 1.165) is 4.90 Å². The van der Waals surface area contributed by atoms with Crippen LogP contribution in [-0.2, 0) is 37.0 Å². The van der Waals surface area contributed by atoms with Gasteiger partial charge in [0.25, 0.3) is 11.8 Å². The Labute approximate surface area is 241 Å². The van der Waals surface area contributed by atoms with Gasteiger partial charge in [0, 0.05) is 13.0 Å². The van der Waals surface area contributed by atoms with Crippen LogP contribution in [0.1, 0.15) is 60.0 Å². The summed E-state index contributed by atoms with van der Waals surface area (Å²) in [4.78, 5) is 61.9. The Morgan fingerprint density at radius 3 is 2.52 bits per heavy atom. The van der Waals surface area contributed by atoms with E-state index in [9.17, 15) is 24.0 Å². The highest BCUT2D eigenvalue weighted by atomic mass is 16.6. The van der Waals surface area contributed by atoms with Gasteiger partial charge in [-0.1, -0.05) is 5.21 Å². The summed E-state index contributed by atoms with van der Waals surface area (Å²) in [5, 5.41) is 12.9. The summed E-state index contributed by atoms with van der Waals surface area (Å²) in [6.07, 6.45) is 1.35. The van der Waals surface area contributed by atoms with Crippen molar-refractivity contribution in [2.24, 2.45) is 0 Å². The monoisotopic (exact) mass is 586 g/mol. The van der Waals surface area contributed by atoms with Crippen LogP contribution in [0.5, 0.6) is 5.75 Å². The third-order valence-electron chi connectivity index (χ3n) is 6.14. The molecule has 2 aliphatic heterocycles. The third kappa shape index (κ3) is 8.10. The smallest absolute Gasteiger partial charge is 0.407 e. The Hall–Kier alpha value is -4.37. The van der Waals surface area contributed by atoms with Crippen LogP contribution in [0, 0.1) is 0 Å². The van der Waals surface area contributed by atoms with Gasteiger partial charge in [-0.05, 0) is 45.4 Å². The number of nitrogens with zero attached hydrogens (tertiary/aromatic N) is 4. The molecule has 1 aromatic carbocycles. The molecule has 2 N–H and O–H groups in total. The highest BCUT2D eigenvalue weighted by molar-refractivity contribution is 6.23. The van der Waals surface area contributed by atoms with Crippen LogP contribution >= 0.6 is 0 Å². The van der Waals surface area contributed by atoms with Crippen LogP contribution in [0.3, 0.4) is 0 Å². The zero-order chi connectivity index (χ0) is 30.3. The Bertz CT molecular complexity index is 1340. The van der Waals surface area contributed by atoms with Crippen molar-refractivity contribution in [3.8, 4) is 5.75 Å². The van der Waals surface area contributed by atoms with Crippen molar-refractivity contribution in [1.82, 2.24) is 30.5 Å². The van der Waals surface area contributed by atoms with Crippen LogP contribution in [0.2, 0.25) is 0 Å². The largest absolute Gasteiger partial charge is 0.487 e. The molecule has 1 aromatic heterocycles. The molecule has 0 bridgehead atoms. The Kier molecular flexibility index (Phi) is 9.85. The molecule has 2 aromatic rings. The minimum atomic E-state index is -1.03. The van der Waals surface area contributed by atoms with Gasteiger partial charge < -0.3 is 24.3 Å². The quantitative estimate of drug-likeness (QED) is 0.250. The predicted octanol–water partition coefficient (Wildman–Crippen LogP) is 0.816. The maximum absolute atomic E-state index is 13.0. The third-order valence-corrected chi connectivity index (χ3v) is 6.14. The predicted molar refractivity (Wildman–Crippen MR) is 143 cm³/mol. The zero-order valence-corrected chi connectivity index (χ0v) is 23.7. The molecule has 0 radical (unpaired) electrons. The van der Waals surface area contributed by atoms with Crippen molar-refractivity contribution in [2.75, 3.05) is 33.0 Å². The fraction of sp³-hybridized carbons (Fsp3) is 0.519. The number of piperidine rings is 1. The number of rotatable bonds is 13. The maximum atomic E-state index is 13.0. The fourth-order valence-corrected chi connectivity index (χ4v) is 4.23. The number of nitrogens with one attached hydrogen (secondary N) is 2. The second kappa shape index (κ2) is 13.5. The van der Waals surface area contributed by atoms with Gasteiger partial charge in [-0.3, -0.25) is 29.4 Å². The van der Waals surface area contributed by atoms with E-state index in [0.29, 0.717) is 51.0 Å². The second-order valence-electron chi connectivity index (χ2n) is 10.6. The highest BCUT2D eigenvalue weighted by Gasteiger charge is 2.44. The van der Waals surface area contributed by atoms with Gasteiger partial charge in [-0.2, -0.15) is 0 Å². The van der Waals surface area contributed by atoms with E-state index in [4.69, 9.17) is 18.9 Å². The minimum absolute atomic E-state index is 0.0516. The zero-order valence-electron chi connectivity index (χ0n) is 23.7. The van der Waals surface area contributed by atoms with Crippen LogP contribution in [-0.4, -0.2) is 94.2 Å². The second-order valence-corrected chi connectivity index (χ2v) is 10.6. The van der Waals surface area contributed by atoms with E-state index in [1.54, 1.807) is 37.7 Å². The first-order chi connectivity index (χ1) is 20.0. The molecule has 1 unspecified atom stereocenters. The molecule has 2 aliphatic rings. The first kappa shape index (κ1) is 30.6. The van der Waals surface area contributed by atoms with Crippen molar-refractivity contribution in [3.05, 3.63) is 41.2 Å². The number of fused-ring (bicyclic) bond motifs is 1. The van der Waals surface area contributed by atoms with E-state index in [-0.39, 0.29) is 30.6 Å². The van der Waals surface area contributed by atoms with Crippen LogP contribution < -0.4 is 15.4 Å². The van der Waals surface area contributed by atoms with Gasteiger partial charge in [0.05, 0.1) is 50.3 Å². The van der Waals surface area contributed by atoms with Crippen molar-refractivity contribution >= 4 is 29.7 Å². The van der Waals surface area contributed by atoms with E-state index in [1.165, 1.54) is 12.1 Å². The topological polar surface area (TPSA) is 180 Å². The van der Waals surface area contributed by atoms with Crippen LogP contribution in [0.15, 0.2) is 24.4 Å². The molecule has 0 saturated carbocycles. The number of hydrogen-bond donors (Lipinski definition) is 2. The summed E-state index contributed by atoms with van der Waals surface area (Å²) >= 11 is 0. The molecule has 4 rings (SSSR count). The average Bonchev–Trinajstić information content (AvgIpc) is 3.47. The summed E-state index contributed by atoms with van der Waals surface area (Å²) in [5.74, 6) is -1.93. The molecule has 1 atom stereocenters. The molecule has 15 heteroatoms. The van der Waals surface area contributed by atoms with E-state index < -0.39 is 41.4 Å². The first-order valence-electron chi connectivity index (χ1n) is 13.5.